The summed E-state index contributed by atoms with van der Waals surface area (Å²) in [6.45, 7) is 1.28. The Morgan fingerprint density at radius 2 is 1.95 bits per heavy atom. The van der Waals surface area contributed by atoms with Crippen LogP contribution >= 0.6 is 0 Å². The van der Waals surface area contributed by atoms with Crippen LogP contribution < -0.4 is 5.73 Å². The second kappa shape index (κ2) is 7.07. The van der Waals surface area contributed by atoms with E-state index in [0.29, 0.717) is 19.0 Å². The molecule has 1 aromatic carbocycles. The monoisotopic (exact) mass is 297 g/mol. The Morgan fingerprint density at radius 1 is 1.19 bits per heavy atom. The highest BCUT2D eigenvalue weighted by molar-refractivity contribution is 5.71. The first-order chi connectivity index (χ1) is 10.1. The molecule has 0 bridgehead atoms. The van der Waals surface area contributed by atoms with Gasteiger partial charge in [0.25, 0.3) is 0 Å². The van der Waals surface area contributed by atoms with Gasteiger partial charge >= 0.3 is 0 Å². The lowest BCUT2D eigenvalue weighted by molar-refractivity contribution is 0.191. The van der Waals surface area contributed by atoms with Crippen molar-refractivity contribution in [2.24, 2.45) is 0 Å². The van der Waals surface area contributed by atoms with E-state index in [4.69, 9.17) is 10.5 Å². The number of methoxy groups -OCH3 is 1. The fraction of sp³-hybridized carbons (Fsp3) is 0.462. The molecule has 0 radical (unpaired) electrons. The van der Waals surface area contributed by atoms with E-state index in [0.717, 1.165) is 31.4 Å². The van der Waals surface area contributed by atoms with Crippen LogP contribution in [-0.4, -0.2) is 33.9 Å². The van der Waals surface area contributed by atoms with Gasteiger partial charge in [0.05, 0.1) is 0 Å². The maximum Gasteiger partial charge on any atom is 0.184 e. The quantitative estimate of drug-likeness (QED) is 0.625. The number of anilines is 1. The third kappa shape index (κ3) is 3.72. The number of ether oxygens (including phenoxy) is 1. The Bertz CT molecular complexity index is 602. The lowest BCUT2D eigenvalue weighted by atomic mass is 10.1. The van der Waals surface area contributed by atoms with Crippen LogP contribution in [0.4, 0.5) is 14.5 Å². The fourth-order valence-electron chi connectivity index (χ4n) is 1.99. The number of nitrogen functional groups attached to an aromatic ring is 1. The Kier molecular flexibility index (Phi) is 5.15. The number of hydrogen-bond donors (Lipinski definition) is 1. The summed E-state index contributed by atoms with van der Waals surface area (Å²) in [7, 11) is 1.66. The van der Waals surface area contributed by atoms with Crippen molar-refractivity contribution in [1.29, 1.82) is 0 Å². The first-order valence-corrected chi connectivity index (χ1v) is 6.63. The van der Waals surface area contributed by atoms with Crippen LogP contribution in [0.5, 0.6) is 0 Å². The van der Waals surface area contributed by atoms with Crippen molar-refractivity contribution in [2.75, 3.05) is 19.5 Å². The van der Waals surface area contributed by atoms with Crippen molar-refractivity contribution < 1.29 is 13.5 Å². The van der Waals surface area contributed by atoms with E-state index in [-0.39, 0.29) is 11.3 Å². The molecule has 6 nitrogen and oxygen atoms in total. The van der Waals surface area contributed by atoms with Crippen LogP contribution in [0, 0.1) is 11.6 Å². The third-order valence-corrected chi connectivity index (χ3v) is 3.08. The minimum Gasteiger partial charge on any atom is -0.398 e. The molecule has 2 N–H and O–H groups in total. The smallest absolute Gasteiger partial charge is 0.184 e. The zero-order chi connectivity index (χ0) is 15.2. The van der Waals surface area contributed by atoms with Crippen LogP contribution in [-0.2, 0) is 11.3 Å². The van der Waals surface area contributed by atoms with Crippen molar-refractivity contribution >= 4 is 5.69 Å². The highest BCUT2D eigenvalue weighted by atomic mass is 19.2. The second-order valence-corrected chi connectivity index (χ2v) is 4.63. The largest absolute Gasteiger partial charge is 0.398 e. The number of aryl methyl sites for hydroxylation is 1. The van der Waals surface area contributed by atoms with Gasteiger partial charge in [-0.15, -0.1) is 5.10 Å². The standard InChI is InChI=1S/C13H17F2N5O/c1-21-6-4-2-3-5-20-13(17-18-19-20)9-7-10(14)11(15)8-12(9)16/h7-8H,2-6,16H2,1H3. The number of tetrazole rings is 1. The summed E-state index contributed by atoms with van der Waals surface area (Å²) in [5.41, 5.74) is 6.10. The molecule has 0 aliphatic heterocycles. The van der Waals surface area contributed by atoms with Crippen molar-refractivity contribution in [2.45, 2.75) is 25.8 Å². The van der Waals surface area contributed by atoms with E-state index in [1.165, 1.54) is 4.68 Å². The Balaban J connectivity index is 2.11. The molecule has 8 heteroatoms. The summed E-state index contributed by atoms with van der Waals surface area (Å²) in [5.74, 6) is -1.64. The van der Waals surface area contributed by atoms with Gasteiger partial charge in [-0.3, -0.25) is 0 Å². The molecule has 0 saturated heterocycles. The molecule has 1 aromatic heterocycles. The first-order valence-electron chi connectivity index (χ1n) is 6.63. The summed E-state index contributed by atoms with van der Waals surface area (Å²) < 4.78 is 33.0. The minimum absolute atomic E-state index is 0.101. The highest BCUT2D eigenvalue weighted by Crippen LogP contribution is 2.26. The molecule has 0 saturated carbocycles. The summed E-state index contributed by atoms with van der Waals surface area (Å²) in [6.07, 6.45) is 2.76. The molecule has 1 heterocycles. The Hall–Kier alpha value is -2.09. The molecule has 2 aromatic rings. The van der Waals surface area contributed by atoms with Crippen molar-refractivity contribution in [3.63, 3.8) is 0 Å². The number of hydrogen-bond acceptors (Lipinski definition) is 5. The summed E-state index contributed by atoms with van der Waals surface area (Å²) >= 11 is 0. The molecule has 114 valence electrons. The minimum atomic E-state index is -0.991. The Morgan fingerprint density at radius 3 is 2.71 bits per heavy atom. The van der Waals surface area contributed by atoms with E-state index in [1.54, 1.807) is 7.11 Å². The van der Waals surface area contributed by atoms with Gasteiger partial charge < -0.3 is 10.5 Å². The first kappa shape index (κ1) is 15.3. The number of aromatic nitrogens is 4. The number of halogens is 2. The molecule has 0 fully saturated rings. The van der Waals surface area contributed by atoms with E-state index in [1.807, 2.05) is 0 Å². The molecule has 2 rings (SSSR count). The van der Waals surface area contributed by atoms with Crippen LogP contribution in [0.2, 0.25) is 0 Å². The number of benzene rings is 1. The van der Waals surface area contributed by atoms with Gasteiger partial charge in [0, 0.05) is 37.6 Å². The maximum atomic E-state index is 13.4. The number of nitrogens with zero attached hydrogens (tertiary/aromatic N) is 4. The summed E-state index contributed by atoms with van der Waals surface area (Å²) in [5, 5.41) is 11.3. The zero-order valence-electron chi connectivity index (χ0n) is 11.7. The molecular weight excluding hydrogens is 280 g/mol. The lowest BCUT2D eigenvalue weighted by Gasteiger charge is -2.07. The van der Waals surface area contributed by atoms with Crippen molar-refractivity contribution in [3.8, 4) is 11.4 Å². The zero-order valence-corrected chi connectivity index (χ0v) is 11.7. The third-order valence-electron chi connectivity index (χ3n) is 3.08. The van der Waals surface area contributed by atoms with Crippen LogP contribution in [0.15, 0.2) is 12.1 Å². The molecule has 0 atom stereocenters. The van der Waals surface area contributed by atoms with Gasteiger partial charge in [-0.25, -0.2) is 13.5 Å². The Labute approximate surface area is 120 Å². The highest BCUT2D eigenvalue weighted by Gasteiger charge is 2.15. The molecule has 0 aliphatic carbocycles. The predicted octanol–water partition coefficient (Wildman–Crippen LogP) is 2.02. The normalized spacial score (nSPS) is 11.0. The molecule has 0 aliphatic rings. The second-order valence-electron chi connectivity index (χ2n) is 4.63. The van der Waals surface area contributed by atoms with Crippen LogP contribution in [0.3, 0.4) is 0 Å². The topological polar surface area (TPSA) is 78.8 Å². The molecule has 21 heavy (non-hydrogen) atoms. The molecule has 0 amide bonds. The van der Waals surface area contributed by atoms with Gasteiger partial charge in [0.1, 0.15) is 0 Å². The number of nitrogens with two attached hydrogens (primary N) is 1. The number of rotatable bonds is 7. The van der Waals surface area contributed by atoms with Crippen LogP contribution in [0.1, 0.15) is 19.3 Å². The van der Waals surface area contributed by atoms with Crippen molar-refractivity contribution in [3.05, 3.63) is 23.8 Å². The summed E-state index contributed by atoms with van der Waals surface area (Å²) in [4.78, 5) is 0. The summed E-state index contributed by atoms with van der Waals surface area (Å²) in [6, 6.07) is 1.94. The van der Waals surface area contributed by atoms with E-state index in [2.05, 4.69) is 15.5 Å². The van der Waals surface area contributed by atoms with Gasteiger partial charge in [-0.1, -0.05) is 0 Å². The van der Waals surface area contributed by atoms with Gasteiger partial charge in [-0.05, 0) is 35.8 Å². The predicted molar refractivity (Wildman–Crippen MR) is 73.3 cm³/mol. The average molecular weight is 297 g/mol. The van der Waals surface area contributed by atoms with E-state index in [9.17, 15) is 8.78 Å². The molecule has 0 spiro atoms. The average Bonchev–Trinajstić information content (AvgIpc) is 2.91. The SMILES string of the molecule is COCCCCCn1nnnc1-c1cc(F)c(F)cc1N. The number of unbranched alkanes of at least 4 members (excludes halogenated alkanes) is 2. The van der Waals surface area contributed by atoms with Crippen LogP contribution in [0.25, 0.3) is 11.4 Å². The van der Waals surface area contributed by atoms with Gasteiger partial charge in [0.15, 0.2) is 17.5 Å². The lowest BCUT2D eigenvalue weighted by Crippen LogP contribution is -2.05. The fourth-order valence-corrected chi connectivity index (χ4v) is 1.99. The van der Waals surface area contributed by atoms with E-state index < -0.39 is 11.6 Å². The molecular formula is C13H17F2N5O. The van der Waals surface area contributed by atoms with E-state index >= 15 is 0 Å². The molecule has 0 unspecified atom stereocenters. The van der Waals surface area contributed by atoms with Gasteiger partial charge in [0.2, 0.25) is 0 Å². The van der Waals surface area contributed by atoms with Crippen molar-refractivity contribution in [1.82, 2.24) is 20.2 Å². The van der Waals surface area contributed by atoms with Gasteiger partial charge in [-0.2, -0.15) is 0 Å². The maximum absolute atomic E-state index is 13.4.